The topological polar surface area (TPSA) is 78.9 Å². The van der Waals surface area contributed by atoms with Gasteiger partial charge >= 0.3 is 0 Å². The van der Waals surface area contributed by atoms with Crippen molar-refractivity contribution >= 4 is 11.9 Å². The molecule has 0 aliphatic carbocycles. The van der Waals surface area contributed by atoms with Crippen molar-refractivity contribution in [3.63, 3.8) is 0 Å². The van der Waals surface area contributed by atoms with E-state index in [1.165, 1.54) is 0 Å². The average Bonchev–Trinajstić information content (AvgIpc) is 2.48. The molecule has 1 atom stereocenters. The van der Waals surface area contributed by atoms with Gasteiger partial charge in [0.25, 0.3) is 5.91 Å². The highest BCUT2D eigenvalue weighted by Gasteiger charge is 2.30. The number of nitrogens with zero attached hydrogens (tertiary/aromatic N) is 2. The van der Waals surface area contributed by atoms with Gasteiger partial charge in [-0.15, -0.1) is 0 Å². The Kier molecular flexibility index (Phi) is 2.52. The largest absolute Gasteiger partial charge is 0.508 e. The van der Waals surface area contributed by atoms with Gasteiger partial charge in [0.05, 0.1) is 0 Å². The number of hydrogen-bond acceptors (Lipinski definition) is 4. The Bertz CT molecular complexity index is 439. The Morgan fingerprint density at radius 2 is 2.06 bits per heavy atom. The van der Waals surface area contributed by atoms with Gasteiger partial charge in [-0.3, -0.25) is 4.79 Å². The first-order valence-corrected chi connectivity index (χ1v) is 4.96. The van der Waals surface area contributed by atoms with Crippen LogP contribution in [-0.4, -0.2) is 35.0 Å². The van der Waals surface area contributed by atoms with Crippen LogP contribution >= 0.6 is 0 Å². The van der Waals surface area contributed by atoms with Crippen LogP contribution in [0.4, 0.5) is 0 Å². The molecule has 1 aliphatic heterocycles. The van der Waals surface area contributed by atoms with E-state index in [0.717, 1.165) is 5.56 Å². The van der Waals surface area contributed by atoms with E-state index >= 15 is 0 Å². The normalized spacial score (nSPS) is 20.1. The number of aromatic hydroxyl groups is 1. The van der Waals surface area contributed by atoms with Gasteiger partial charge in [-0.05, 0) is 17.7 Å². The molecule has 0 aromatic heterocycles. The molecule has 0 spiro atoms. The van der Waals surface area contributed by atoms with Crippen molar-refractivity contribution in [1.29, 1.82) is 0 Å². The van der Waals surface area contributed by atoms with Crippen LogP contribution in [0, 0.1) is 0 Å². The monoisotopic (exact) mass is 219 g/mol. The molecular formula is C11H13N3O2. The van der Waals surface area contributed by atoms with E-state index < -0.39 is 0 Å². The molecule has 0 fully saturated rings. The van der Waals surface area contributed by atoms with Crippen LogP contribution in [-0.2, 0) is 11.2 Å². The maximum absolute atomic E-state index is 11.5. The van der Waals surface area contributed by atoms with Crippen LogP contribution < -0.4 is 5.73 Å². The minimum Gasteiger partial charge on any atom is -0.508 e. The molecule has 0 unspecified atom stereocenters. The summed E-state index contributed by atoms with van der Waals surface area (Å²) in [5.74, 6) is 0.257. The number of benzene rings is 1. The third-order valence-corrected chi connectivity index (χ3v) is 2.70. The molecule has 0 saturated heterocycles. The number of nitrogens with two attached hydrogens (primary N) is 1. The molecule has 0 saturated carbocycles. The Morgan fingerprint density at radius 3 is 2.56 bits per heavy atom. The average molecular weight is 219 g/mol. The number of phenols is 1. The molecule has 84 valence electrons. The smallest absolute Gasteiger partial charge is 0.271 e. The van der Waals surface area contributed by atoms with E-state index in [1.54, 1.807) is 36.2 Å². The zero-order valence-corrected chi connectivity index (χ0v) is 8.92. The summed E-state index contributed by atoms with van der Waals surface area (Å²) in [4.78, 5) is 16.9. The molecule has 1 aromatic carbocycles. The number of amides is 1. The van der Waals surface area contributed by atoms with Crippen molar-refractivity contribution in [3.05, 3.63) is 29.8 Å². The number of phenolic OH excluding ortho intramolecular Hbond substituents is 1. The molecule has 3 N–H and O–H groups in total. The summed E-state index contributed by atoms with van der Waals surface area (Å²) < 4.78 is 0. The molecule has 1 amide bonds. The molecule has 0 radical (unpaired) electrons. The SMILES string of the molecule is CN1C(N)=NC(=O)[C@@H]1Cc1ccc(O)cc1. The van der Waals surface area contributed by atoms with Crippen molar-refractivity contribution in [3.8, 4) is 5.75 Å². The second kappa shape index (κ2) is 3.84. The molecule has 16 heavy (non-hydrogen) atoms. The van der Waals surface area contributed by atoms with Crippen LogP contribution in [0.3, 0.4) is 0 Å². The first kappa shape index (κ1) is 10.5. The highest BCUT2D eigenvalue weighted by Crippen LogP contribution is 2.16. The van der Waals surface area contributed by atoms with Crippen LogP contribution in [0.15, 0.2) is 29.3 Å². The summed E-state index contributed by atoms with van der Waals surface area (Å²) in [5.41, 5.74) is 6.52. The summed E-state index contributed by atoms with van der Waals surface area (Å²) >= 11 is 0. The Hall–Kier alpha value is -2.04. The maximum atomic E-state index is 11.5. The van der Waals surface area contributed by atoms with Gasteiger partial charge in [-0.2, -0.15) is 4.99 Å². The van der Waals surface area contributed by atoms with Gasteiger partial charge in [0.1, 0.15) is 11.8 Å². The standard InChI is InChI=1S/C11H13N3O2/c1-14-9(10(16)13-11(14)12)6-7-2-4-8(15)5-3-7/h2-5,9,15H,6H2,1H3,(H2,12,13,16)/t9-/m0/s1. The lowest BCUT2D eigenvalue weighted by atomic mass is 10.1. The summed E-state index contributed by atoms with van der Waals surface area (Å²) in [6, 6.07) is 6.43. The van der Waals surface area contributed by atoms with Crippen molar-refractivity contribution < 1.29 is 9.90 Å². The Balaban J connectivity index is 2.11. The lowest BCUT2D eigenvalue weighted by Crippen LogP contribution is -2.39. The fraction of sp³-hybridized carbons (Fsp3) is 0.273. The predicted molar refractivity (Wildman–Crippen MR) is 60.0 cm³/mol. The van der Waals surface area contributed by atoms with E-state index in [4.69, 9.17) is 10.8 Å². The van der Waals surface area contributed by atoms with E-state index in [-0.39, 0.29) is 23.7 Å². The van der Waals surface area contributed by atoms with E-state index in [0.29, 0.717) is 6.42 Å². The fourth-order valence-electron chi connectivity index (χ4n) is 1.67. The maximum Gasteiger partial charge on any atom is 0.271 e. The number of carbonyl (C=O) groups is 1. The molecule has 5 heteroatoms. The summed E-state index contributed by atoms with van der Waals surface area (Å²) in [6.45, 7) is 0. The Morgan fingerprint density at radius 1 is 1.44 bits per heavy atom. The third kappa shape index (κ3) is 1.84. The quantitative estimate of drug-likeness (QED) is 0.738. The molecular weight excluding hydrogens is 206 g/mol. The van der Waals surface area contributed by atoms with Crippen molar-refractivity contribution in [1.82, 2.24) is 4.90 Å². The minimum atomic E-state index is -0.329. The number of rotatable bonds is 2. The van der Waals surface area contributed by atoms with Gasteiger partial charge in [0, 0.05) is 13.5 Å². The highest BCUT2D eigenvalue weighted by atomic mass is 16.3. The molecule has 1 aromatic rings. The molecule has 1 aliphatic rings. The number of carbonyl (C=O) groups excluding carboxylic acids is 1. The van der Waals surface area contributed by atoms with Gasteiger partial charge in [-0.1, -0.05) is 12.1 Å². The first-order valence-electron chi connectivity index (χ1n) is 4.96. The number of hydrogen-bond donors (Lipinski definition) is 2. The molecule has 1 heterocycles. The van der Waals surface area contributed by atoms with Crippen molar-refractivity contribution in [2.24, 2.45) is 10.7 Å². The van der Waals surface area contributed by atoms with E-state index in [9.17, 15) is 4.79 Å². The molecule has 0 bridgehead atoms. The van der Waals surface area contributed by atoms with Crippen LogP contribution in [0.25, 0.3) is 0 Å². The third-order valence-electron chi connectivity index (χ3n) is 2.70. The molecule has 2 rings (SSSR count). The summed E-state index contributed by atoms with van der Waals surface area (Å²) in [5, 5.41) is 9.14. The number of guanidine groups is 1. The van der Waals surface area contributed by atoms with Crippen molar-refractivity contribution in [2.75, 3.05) is 7.05 Å². The zero-order chi connectivity index (χ0) is 11.7. The predicted octanol–water partition coefficient (Wildman–Crippen LogP) is 0.0900. The van der Waals surface area contributed by atoms with Crippen LogP contribution in [0.5, 0.6) is 5.75 Å². The van der Waals surface area contributed by atoms with Gasteiger partial charge in [0.15, 0.2) is 5.96 Å². The van der Waals surface area contributed by atoms with Crippen LogP contribution in [0.1, 0.15) is 5.56 Å². The first-order chi connectivity index (χ1) is 7.58. The van der Waals surface area contributed by atoms with Crippen molar-refractivity contribution in [2.45, 2.75) is 12.5 Å². The fourth-order valence-corrected chi connectivity index (χ4v) is 1.67. The van der Waals surface area contributed by atoms with E-state index in [1.807, 2.05) is 0 Å². The minimum absolute atomic E-state index is 0.214. The lowest BCUT2D eigenvalue weighted by molar-refractivity contribution is -0.120. The van der Waals surface area contributed by atoms with Gasteiger partial charge < -0.3 is 15.7 Å². The zero-order valence-electron chi connectivity index (χ0n) is 8.92. The Labute approximate surface area is 93.2 Å². The molecule has 5 nitrogen and oxygen atoms in total. The lowest BCUT2D eigenvalue weighted by Gasteiger charge is -2.19. The number of aliphatic imine (C=N–C) groups is 1. The van der Waals surface area contributed by atoms with Crippen LogP contribution in [0.2, 0.25) is 0 Å². The summed E-state index contributed by atoms with van der Waals surface area (Å²) in [6.07, 6.45) is 0.541. The summed E-state index contributed by atoms with van der Waals surface area (Å²) in [7, 11) is 1.74. The second-order valence-electron chi connectivity index (χ2n) is 3.81. The van der Waals surface area contributed by atoms with Gasteiger partial charge in [-0.25, -0.2) is 0 Å². The number of likely N-dealkylation sites (N-methyl/N-ethyl adjacent to an activating group) is 1. The van der Waals surface area contributed by atoms with Gasteiger partial charge in [0.2, 0.25) is 0 Å². The second-order valence-corrected chi connectivity index (χ2v) is 3.81. The highest BCUT2D eigenvalue weighted by molar-refractivity contribution is 6.02. The van der Waals surface area contributed by atoms with E-state index in [2.05, 4.69) is 4.99 Å².